The van der Waals surface area contributed by atoms with Gasteiger partial charge in [0.25, 0.3) is 0 Å². The number of hydrogen-bond acceptors (Lipinski definition) is 2. The maximum absolute atomic E-state index is 5.89. The van der Waals surface area contributed by atoms with Crippen LogP contribution >= 0.6 is 0 Å². The molecule has 0 aromatic heterocycles. The molecule has 0 fully saturated rings. The van der Waals surface area contributed by atoms with Crippen LogP contribution in [0.3, 0.4) is 0 Å². The van der Waals surface area contributed by atoms with Crippen LogP contribution in [0.15, 0.2) is 48.5 Å². The van der Waals surface area contributed by atoms with Crippen LogP contribution in [0, 0.1) is 0 Å². The SMILES string of the molecule is C[C@H](N)c1cccc(OCc2ccc(C(C)(C)C)cc2)c1. The fourth-order valence-electron chi connectivity index (χ4n) is 2.16. The van der Waals surface area contributed by atoms with E-state index in [4.69, 9.17) is 10.5 Å². The van der Waals surface area contributed by atoms with Crippen LogP contribution in [0.2, 0.25) is 0 Å². The summed E-state index contributed by atoms with van der Waals surface area (Å²) < 4.78 is 5.85. The zero-order valence-electron chi connectivity index (χ0n) is 13.4. The topological polar surface area (TPSA) is 35.2 Å². The summed E-state index contributed by atoms with van der Waals surface area (Å²) in [4.78, 5) is 0. The zero-order chi connectivity index (χ0) is 15.5. The van der Waals surface area contributed by atoms with E-state index < -0.39 is 0 Å². The molecule has 0 aliphatic heterocycles. The van der Waals surface area contributed by atoms with Gasteiger partial charge in [-0.3, -0.25) is 0 Å². The van der Waals surface area contributed by atoms with Crippen LogP contribution in [-0.4, -0.2) is 0 Å². The van der Waals surface area contributed by atoms with E-state index in [1.165, 1.54) is 11.1 Å². The Balaban J connectivity index is 2.01. The van der Waals surface area contributed by atoms with Crippen molar-refractivity contribution >= 4 is 0 Å². The van der Waals surface area contributed by atoms with E-state index in [0.29, 0.717) is 6.61 Å². The maximum Gasteiger partial charge on any atom is 0.120 e. The first-order valence-corrected chi connectivity index (χ1v) is 7.44. The first-order valence-electron chi connectivity index (χ1n) is 7.44. The van der Waals surface area contributed by atoms with Gasteiger partial charge < -0.3 is 10.5 Å². The highest BCUT2D eigenvalue weighted by atomic mass is 16.5. The average Bonchev–Trinajstić information content (AvgIpc) is 2.45. The number of hydrogen-bond donors (Lipinski definition) is 1. The third-order valence-corrected chi connectivity index (χ3v) is 3.61. The Morgan fingerprint density at radius 2 is 1.71 bits per heavy atom. The van der Waals surface area contributed by atoms with Crippen LogP contribution in [-0.2, 0) is 12.0 Å². The molecule has 0 aliphatic rings. The third kappa shape index (κ3) is 4.33. The van der Waals surface area contributed by atoms with Gasteiger partial charge in [-0.25, -0.2) is 0 Å². The van der Waals surface area contributed by atoms with Gasteiger partial charge in [0.05, 0.1) is 0 Å². The molecule has 0 radical (unpaired) electrons. The van der Waals surface area contributed by atoms with E-state index in [1.807, 2.05) is 31.2 Å². The minimum Gasteiger partial charge on any atom is -0.489 e. The van der Waals surface area contributed by atoms with Gasteiger partial charge >= 0.3 is 0 Å². The number of ether oxygens (including phenoxy) is 1. The molecular weight excluding hydrogens is 258 g/mol. The molecule has 2 N–H and O–H groups in total. The summed E-state index contributed by atoms with van der Waals surface area (Å²) >= 11 is 0. The highest BCUT2D eigenvalue weighted by Gasteiger charge is 2.12. The molecule has 2 rings (SSSR count). The molecule has 0 aliphatic carbocycles. The summed E-state index contributed by atoms with van der Waals surface area (Å²) in [6.07, 6.45) is 0. The van der Waals surface area contributed by atoms with Gasteiger partial charge in [0.15, 0.2) is 0 Å². The van der Waals surface area contributed by atoms with Gasteiger partial charge in [-0.05, 0) is 41.2 Å². The predicted octanol–water partition coefficient (Wildman–Crippen LogP) is 4.58. The van der Waals surface area contributed by atoms with Crippen molar-refractivity contribution in [2.75, 3.05) is 0 Å². The van der Waals surface area contributed by atoms with Gasteiger partial charge in [0.2, 0.25) is 0 Å². The molecule has 0 spiro atoms. The molecule has 0 bridgehead atoms. The van der Waals surface area contributed by atoms with Gasteiger partial charge in [0, 0.05) is 6.04 Å². The lowest BCUT2D eigenvalue weighted by Gasteiger charge is -2.19. The molecule has 2 heteroatoms. The molecule has 1 atom stereocenters. The molecule has 112 valence electrons. The van der Waals surface area contributed by atoms with Gasteiger partial charge in [-0.15, -0.1) is 0 Å². The zero-order valence-corrected chi connectivity index (χ0v) is 13.4. The molecule has 0 saturated carbocycles. The summed E-state index contributed by atoms with van der Waals surface area (Å²) in [6.45, 7) is 9.21. The first-order chi connectivity index (χ1) is 9.86. The lowest BCUT2D eigenvalue weighted by atomic mass is 9.87. The van der Waals surface area contributed by atoms with Gasteiger partial charge in [0.1, 0.15) is 12.4 Å². The van der Waals surface area contributed by atoms with Crippen LogP contribution in [0.1, 0.15) is 50.4 Å². The number of nitrogens with two attached hydrogens (primary N) is 1. The van der Waals surface area contributed by atoms with E-state index in [0.717, 1.165) is 11.3 Å². The molecule has 0 amide bonds. The van der Waals surface area contributed by atoms with Crippen molar-refractivity contribution in [2.24, 2.45) is 5.73 Å². The van der Waals surface area contributed by atoms with Crippen LogP contribution in [0.5, 0.6) is 5.75 Å². The van der Waals surface area contributed by atoms with E-state index in [-0.39, 0.29) is 11.5 Å². The minimum absolute atomic E-state index is 0.0274. The largest absolute Gasteiger partial charge is 0.489 e. The van der Waals surface area contributed by atoms with Crippen molar-refractivity contribution in [3.8, 4) is 5.75 Å². The van der Waals surface area contributed by atoms with Crippen LogP contribution in [0.4, 0.5) is 0 Å². The molecule has 0 saturated heterocycles. The van der Waals surface area contributed by atoms with Crippen molar-refractivity contribution in [2.45, 2.75) is 45.8 Å². The standard InChI is InChI=1S/C19H25NO/c1-14(20)16-6-5-7-18(12-16)21-13-15-8-10-17(11-9-15)19(2,3)4/h5-12,14H,13,20H2,1-4H3/t14-/m0/s1. The highest BCUT2D eigenvalue weighted by Crippen LogP contribution is 2.23. The highest BCUT2D eigenvalue weighted by molar-refractivity contribution is 5.31. The molecule has 0 heterocycles. The Morgan fingerprint density at radius 1 is 1.05 bits per heavy atom. The monoisotopic (exact) mass is 283 g/mol. The maximum atomic E-state index is 5.89. The molecule has 21 heavy (non-hydrogen) atoms. The lowest BCUT2D eigenvalue weighted by Crippen LogP contribution is -2.10. The fraction of sp³-hybridized carbons (Fsp3) is 0.368. The number of benzene rings is 2. The van der Waals surface area contributed by atoms with Crippen LogP contribution in [0.25, 0.3) is 0 Å². The summed E-state index contributed by atoms with van der Waals surface area (Å²) in [5.41, 5.74) is 9.68. The second-order valence-electron chi connectivity index (χ2n) is 6.60. The van der Waals surface area contributed by atoms with Gasteiger partial charge in [-0.1, -0.05) is 57.2 Å². The van der Waals surface area contributed by atoms with Crippen molar-refractivity contribution in [1.82, 2.24) is 0 Å². The predicted molar refractivity (Wildman–Crippen MR) is 88.5 cm³/mol. The Morgan fingerprint density at radius 3 is 2.29 bits per heavy atom. The molecule has 2 nitrogen and oxygen atoms in total. The first kappa shape index (κ1) is 15.6. The van der Waals surface area contributed by atoms with E-state index in [9.17, 15) is 0 Å². The number of rotatable bonds is 4. The summed E-state index contributed by atoms with van der Waals surface area (Å²) in [7, 11) is 0. The minimum atomic E-state index is 0.0274. The average molecular weight is 283 g/mol. The van der Waals surface area contributed by atoms with Crippen molar-refractivity contribution < 1.29 is 4.74 Å². The molecule has 2 aromatic carbocycles. The Hall–Kier alpha value is -1.80. The normalized spacial score (nSPS) is 13.0. The Kier molecular flexibility index (Phi) is 4.69. The second kappa shape index (κ2) is 6.31. The van der Waals surface area contributed by atoms with Crippen molar-refractivity contribution in [3.63, 3.8) is 0 Å². The Labute approximate surface area is 127 Å². The summed E-state index contributed by atoms with van der Waals surface area (Å²) in [5, 5.41) is 0. The van der Waals surface area contributed by atoms with Crippen molar-refractivity contribution in [3.05, 3.63) is 65.2 Å². The quantitative estimate of drug-likeness (QED) is 0.891. The molecular formula is C19H25NO. The lowest BCUT2D eigenvalue weighted by molar-refractivity contribution is 0.305. The summed E-state index contributed by atoms with van der Waals surface area (Å²) in [6, 6.07) is 16.6. The third-order valence-electron chi connectivity index (χ3n) is 3.61. The Bertz CT molecular complexity index is 579. The molecule has 0 unspecified atom stereocenters. The fourth-order valence-corrected chi connectivity index (χ4v) is 2.16. The van der Waals surface area contributed by atoms with Gasteiger partial charge in [-0.2, -0.15) is 0 Å². The van der Waals surface area contributed by atoms with Crippen LogP contribution < -0.4 is 10.5 Å². The second-order valence-corrected chi connectivity index (χ2v) is 6.60. The summed E-state index contributed by atoms with van der Waals surface area (Å²) in [5.74, 6) is 0.865. The van der Waals surface area contributed by atoms with E-state index in [2.05, 4.69) is 45.0 Å². The van der Waals surface area contributed by atoms with E-state index >= 15 is 0 Å². The molecule has 2 aromatic rings. The van der Waals surface area contributed by atoms with E-state index in [1.54, 1.807) is 0 Å². The van der Waals surface area contributed by atoms with Crippen molar-refractivity contribution in [1.29, 1.82) is 0 Å². The smallest absolute Gasteiger partial charge is 0.120 e.